The van der Waals surface area contributed by atoms with Crippen LogP contribution < -0.4 is 10.6 Å². The van der Waals surface area contributed by atoms with Crippen LogP contribution in [0.25, 0.3) is 0 Å². The molecule has 2 bridgehead atoms. The molecule has 0 radical (unpaired) electrons. The summed E-state index contributed by atoms with van der Waals surface area (Å²) >= 11 is 0. The van der Waals surface area contributed by atoms with Crippen LogP contribution in [0.4, 0.5) is 4.79 Å². The van der Waals surface area contributed by atoms with Crippen LogP contribution in [-0.4, -0.2) is 66.5 Å². The number of nitrogens with one attached hydrogen (secondary N) is 2. The van der Waals surface area contributed by atoms with Gasteiger partial charge in [-0.05, 0) is 52.9 Å². The molecule has 5 atom stereocenters. The minimum Gasteiger partial charge on any atom is -0.444 e. The van der Waals surface area contributed by atoms with E-state index in [1.165, 1.54) is 0 Å². The van der Waals surface area contributed by atoms with Gasteiger partial charge in [0.2, 0.25) is 0 Å². The largest absolute Gasteiger partial charge is 0.444 e. The number of ether oxygens (including phenoxy) is 2. The van der Waals surface area contributed by atoms with Gasteiger partial charge in [0.25, 0.3) is 0 Å². The number of hydrogen-bond donors (Lipinski definition) is 2. The normalized spacial score (nSPS) is 37.0. The average molecular weight is 534 g/mol. The van der Waals surface area contributed by atoms with E-state index in [-0.39, 0.29) is 47.6 Å². The molecule has 1 amide bonds. The van der Waals surface area contributed by atoms with Crippen molar-refractivity contribution in [3.8, 4) is 0 Å². The number of hydrogen-bond acceptors (Lipinski definition) is 4. The summed E-state index contributed by atoms with van der Waals surface area (Å²) in [5.41, 5.74) is -0.327. The molecule has 5 unspecified atom stereocenters. The Labute approximate surface area is 198 Å². The number of halogens is 1. The van der Waals surface area contributed by atoms with E-state index in [9.17, 15) is 4.79 Å². The third kappa shape index (κ3) is 4.40. The zero-order valence-electron chi connectivity index (χ0n) is 19.2. The van der Waals surface area contributed by atoms with Crippen LogP contribution in [0.1, 0.15) is 66.7 Å². The highest BCUT2D eigenvalue weighted by Gasteiger charge is 2.59. The molecular weight excluding hydrogens is 495 g/mol. The number of carbonyl (C=O) groups excluding carboxylic acids is 1. The first kappa shape index (κ1) is 23.9. The van der Waals surface area contributed by atoms with Crippen molar-refractivity contribution in [2.45, 2.75) is 103 Å². The predicted molar refractivity (Wildman–Crippen MR) is 128 cm³/mol. The molecule has 1 saturated carbocycles. The lowest BCUT2D eigenvalue weighted by atomic mass is 9.57. The molecule has 0 aromatic carbocycles. The number of amides is 1. The molecule has 2 N–H and O–H groups in total. The second-order valence-electron chi connectivity index (χ2n) is 10.8. The minimum atomic E-state index is -0.449. The van der Waals surface area contributed by atoms with Crippen LogP contribution in [0.15, 0.2) is 4.99 Å². The lowest BCUT2D eigenvalue weighted by Crippen LogP contribution is -2.68. The summed E-state index contributed by atoms with van der Waals surface area (Å²) < 4.78 is 11.6. The highest BCUT2D eigenvalue weighted by atomic mass is 127. The monoisotopic (exact) mass is 534 g/mol. The van der Waals surface area contributed by atoms with Crippen molar-refractivity contribution in [1.29, 1.82) is 0 Å². The minimum absolute atomic E-state index is 0. The van der Waals surface area contributed by atoms with Gasteiger partial charge in [-0.2, -0.15) is 0 Å². The molecule has 3 aliphatic heterocycles. The maximum absolute atomic E-state index is 12.7. The first-order valence-corrected chi connectivity index (χ1v) is 11.2. The molecular formula is C22H39IN4O3. The van der Waals surface area contributed by atoms with Gasteiger partial charge in [0.05, 0.1) is 6.10 Å². The molecule has 0 aromatic rings. The molecule has 3 heterocycles. The molecule has 7 nitrogen and oxygen atoms in total. The Morgan fingerprint density at radius 2 is 1.77 bits per heavy atom. The molecule has 3 saturated heterocycles. The number of fused-ring (bicyclic) bond motifs is 3. The quantitative estimate of drug-likeness (QED) is 0.322. The summed E-state index contributed by atoms with van der Waals surface area (Å²) in [6.07, 6.45) is 5.34. The predicted octanol–water partition coefficient (Wildman–Crippen LogP) is 3.51. The molecule has 4 rings (SSSR count). The van der Waals surface area contributed by atoms with Gasteiger partial charge < -0.3 is 25.0 Å². The third-order valence-electron chi connectivity index (χ3n) is 7.29. The first-order chi connectivity index (χ1) is 13.6. The standard InChI is InChI=1S/C22H38N4O3.HI/c1-21(2,3)29-20(27)26-14-7-8-15(26)12-13(11-14)24-19(23-6)25-17-16-9-10-28-18(16)22(17,4)5;/h13-18H,7-12H2,1-6H3,(H2,23,24,25);1H. The van der Waals surface area contributed by atoms with E-state index in [0.717, 1.165) is 44.7 Å². The van der Waals surface area contributed by atoms with Crippen molar-refractivity contribution in [3.05, 3.63) is 0 Å². The Bertz CT molecular complexity index is 664. The summed E-state index contributed by atoms with van der Waals surface area (Å²) in [5, 5.41) is 7.33. The van der Waals surface area contributed by atoms with Crippen LogP contribution in [0.5, 0.6) is 0 Å². The van der Waals surface area contributed by atoms with Gasteiger partial charge in [-0.15, -0.1) is 24.0 Å². The van der Waals surface area contributed by atoms with Gasteiger partial charge in [-0.3, -0.25) is 4.99 Å². The number of guanidine groups is 1. The lowest BCUT2D eigenvalue weighted by Gasteiger charge is -2.55. The van der Waals surface area contributed by atoms with Gasteiger partial charge in [-0.25, -0.2) is 4.79 Å². The zero-order chi connectivity index (χ0) is 21.0. The molecule has 0 aromatic heterocycles. The molecule has 4 aliphatic rings. The third-order valence-corrected chi connectivity index (χ3v) is 7.29. The summed E-state index contributed by atoms with van der Waals surface area (Å²) in [6.45, 7) is 11.2. The van der Waals surface area contributed by atoms with Crippen molar-refractivity contribution >= 4 is 36.0 Å². The summed E-state index contributed by atoms with van der Waals surface area (Å²) in [5.74, 6) is 1.46. The van der Waals surface area contributed by atoms with Crippen molar-refractivity contribution < 1.29 is 14.3 Å². The topological polar surface area (TPSA) is 75.2 Å². The van der Waals surface area contributed by atoms with Crippen LogP contribution in [0, 0.1) is 11.3 Å². The van der Waals surface area contributed by atoms with E-state index in [4.69, 9.17) is 9.47 Å². The molecule has 1 aliphatic carbocycles. The Hall–Kier alpha value is -0.770. The lowest BCUT2D eigenvalue weighted by molar-refractivity contribution is -0.106. The number of rotatable bonds is 2. The van der Waals surface area contributed by atoms with Crippen molar-refractivity contribution in [1.82, 2.24) is 15.5 Å². The van der Waals surface area contributed by atoms with E-state index < -0.39 is 5.60 Å². The average Bonchev–Trinajstić information content (AvgIpc) is 3.18. The fourth-order valence-electron chi connectivity index (χ4n) is 6.04. The van der Waals surface area contributed by atoms with Gasteiger partial charge in [0.1, 0.15) is 5.60 Å². The van der Waals surface area contributed by atoms with Crippen LogP contribution in [0.2, 0.25) is 0 Å². The smallest absolute Gasteiger partial charge is 0.410 e. The second-order valence-corrected chi connectivity index (χ2v) is 10.8. The molecule has 30 heavy (non-hydrogen) atoms. The molecule has 8 heteroatoms. The molecule has 0 spiro atoms. The summed E-state index contributed by atoms with van der Waals surface area (Å²) in [7, 11) is 1.84. The summed E-state index contributed by atoms with van der Waals surface area (Å²) in [4.78, 5) is 19.2. The Morgan fingerprint density at radius 1 is 1.13 bits per heavy atom. The maximum Gasteiger partial charge on any atom is 0.410 e. The second kappa shape index (κ2) is 8.64. The van der Waals surface area contributed by atoms with Crippen molar-refractivity contribution in [2.24, 2.45) is 16.3 Å². The molecule has 4 fully saturated rings. The highest BCUT2D eigenvalue weighted by Crippen LogP contribution is 2.52. The van der Waals surface area contributed by atoms with Gasteiger partial charge in [0, 0.05) is 49.2 Å². The highest BCUT2D eigenvalue weighted by molar-refractivity contribution is 14.0. The Balaban J connectivity index is 0.00000256. The Morgan fingerprint density at radius 3 is 2.33 bits per heavy atom. The number of aliphatic imine (C=N–C) groups is 1. The maximum atomic E-state index is 12.7. The number of nitrogens with zero attached hydrogens (tertiary/aromatic N) is 2. The number of carbonyl (C=O) groups is 1. The van der Waals surface area contributed by atoms with Crippen LogP contribution in [0.3, 0.4) is 0 Å². The van der Waals surface area contributed by atoms with E-state index in [1.807, 2.05) is 32.7 Å². The van der Waals surface area contributed by atoms with Crippen molar-refractivity contribution in [2.75, 3.05) is 13.7 Å². The van der Waals surface area contributed by atoms with Gasteiger partial charge >= 0.3 is 6.09 Å². The first-order valence-electron chi connectivity index (χ1n) is 11.2. The van der Waals surface area contributed by atoms with E-state index in [1.54, 1.807) is 0 Å². The van der Waals surface area contributed by atoms with E-state index >= 15 is 0 Å². The Kier molecular flexibility index (Phi) is 6.88. The van der Waals surface area contributed by atoms with E-state index in [2.05, 4.69) is 29.5 Å². The molecule has 172 valence electrons. The van der Waals surface area contributed by atoms with Gasteiger partial charge in [-0.1, -0.05) is 13.8 Å². The van der Waals surface area contributed by atoms with Crippen molar-refractivity contribution in [3.63, 3.8) is 0 Å². The van der Waals surface area contributed by atoms with E-state index in [0.29, 0.717) is 24.1 Å². The SMILES string of the molecule is CN=C(NC1CC2CCC(C1)N2C(=O)OC(C)(C)C)NC1C2CCOC2C1(C)C.I. The fourth-order valence-corrected chi connectivity index (χ4v) is 6.04. The van der Waals surface area contributed by atoms with Crippen LogP contribution in [-0.2, 0) is 9.47 Å². The van der Waals surface area contributed by atoms with Crippen LogP contribution >= 0.6 is 24.0 Å². The fraction of sp³-hybridized carbons (Fsp3) is 0.909. The zero-order valence-corrected chi connectivity index (χ0v) is 21.6. The summed E-state index contributed by atoms with van der Waals surface area (Å²) in [6, 6.07) is 1.23. The van der Waals surface area contributed by atoms with Gasteiger partial charge in [0.15, 0.2) is 5.96 Å². The number of piperidine rings is 1.